The lowest BCUT2D eigenvalue weighted by molar-refractivity contribution is -0.149. The summed E-state index contributed by atoms with van der Waals surface area (Å²) in [7, 11) is 0. The zero-order valence-corrected chi connectivity index (χ0v) is 8.49. The molecule has 1 heterocycles. The number of carbonyl (C=O) groups excluding carboxylic acids is 2. The first-order valence-corrected chi connectivity index (χ1v) is 5.02. The Bertz CT molecular complexity index is 198. The summed E-state index contributed by atoms with van der Waals surface area (Å²) < 4.78 is 4.94. The van der Waals surface area contributed by atoms with Gasteiger partial charge in [0.15, 0.2) is 0 Å². The van der Waals surface area contributed by atoms with Crippen LogP contribution in [0.2, 0.25) is 0 Å². The van der Waals surface area contributed by atoms with Crippen LogP contribution in [0.4, 0.5) is 0 Å². The molecule has 0 aromatic rings. The first kappa shape index (κ1) is 11.2. The van der Waals surface area contributed by atoms with E-state index in [1.807, 2.05) is 18.1 Å². The van der Waals surface area contributed by atoms with Crippen molar-refractivity contribution in [2.75, 3.05) is 26.2 Å². The molecule has 0 atom stereocenters. The van der Waals surface area contributed by atoms with Gasteiger partial charge in [0.2, 0.25) is 6.29 Å². The van der Waals surface area contributed by atoms with Crippen molar-refractivity contribution < 1.29 is 14.3 Å². The summed E-state index contributed by atoms with van der Waals surface area (Å²) in [5, 5.41) is 0. The number of nitrogens with zero attached hydrogens (tertiary/aromatic N) is 1. The number of carbonyl (C=O) groups is 1. The molecule has 4 heteroatoms. The lowest BCUT2D eigenvalue weighted by Gasteiger charge is -2.28. The van der Waals surface area contributed by atoms with Crippen molar-refractivity contribution in [3.05, 3.63) is 0 Å². The summed E-state index contributed by atoms with van der Waals surface area (Å²) in [6, 6.07) is 0. The van der Waals surface area contributed by atoms with Crippen molar-refractivity contribution in [1.82, 2.24) is 4.90 Å². The van der Waals surface area contributed by atoms with Crippen LogP contribution >= 0.6 is 0 Å². The maximum atomic E-state index is 11.3. The molecule has 0 bridgehead atoms. The standard InChI is InChI=1S/C10H16NO3/c1-2-14-10(13)9-3-5-11(6-4-9)7-8-12/h9H,2-7H2,1H3. The molecule has 1 radical (unpaired) electrons. The molecular weight excluding hydrogens is 182 g/mol. The Kier molecular flexibility index (Phi) is 4.59. The summed E-state index contributed by atoms with van der Waals surface area (Å²) in [4.78, 5) is 23.5. The number of likely N-dealkylation sites (tertiary alicyclic amines) is 1. The van der Waals surface area contributed by atoms with Gasteiger partial charge in [0, 0.05) is 0 Å². The van der Waals surface area contributed by atoms with Crippen LogP contribution in [0.15, 0.2) is 0 Å². The van der Waals surface area contributed by atoms with Crippen molar-refractivity contribution in [1.29, 1.82) is 0 Å². The quantitative estimate of drug-likeness (QED) is 0.612. The Morgan fingerprint density at radius 3 is 2.64 bits per heavy atom. The number of hydrogen-bond acceptors (Lipinski definition) is 4. The van der Waals surface area contributed by atoms with E-state index in [-0.39, 0.29) is 11.9 Å². The highest BCUT2D eigenvalue weighted by molar-refractivity contribution is 5.72. The topological polar surface area (TPSA) is 46.6 Å². The molecule has 0 N–H and O–H groups in total. The summed E-state index contributed by atoms with van der Waals surface area (Å²) in [5.74, 6) is -0.0694. The van der Waals surface area contributed by atoms with Gasteiger partial charge in [-0.1, -0.05) is 0 Å². The lowest BCUT2D eigenvalue weighted by Crippen LogP contribution is -2.37. The molecule has 0 amide bonds. The smallest absolute Gasteiger partial charge is 0.309 e. The van der Waals surface area contributed by atoms with Gasteiger partial charge in [-0.25, -0.2) is 0 Å². The molecule has 1 saturated heterocycles. The molecule has 0 aliphatic carbocycles. The second kappa shape index (κ2) is 5.75. The molecule has 0 aromatic heterocycles. The molecule has 1 aliphatic rings. The van der Waals surface area contributed by atoms with Crippen LogP contribution in [0.5, 0.6) is 0 Å². The fraction of sp³-hybridized carbons (Fsp3) is 0.800. The van der Waals surface area contributed by atoms with E-state index in [1.165, 1.54) is 0 Å². The second-order valence-electron chi connectivity index (χ2n) is 3.45. The highest BCUT2D eigenvalue weighted by Gasteiger charge is 2.25. The predicted octanol–water partition coefficient (Wildman–Crippen LogP) is 0.371. The van der Waals surface area contributed by atoms with E-state index in [9.17, 15) is 9.59 Å². The van der Waals surface area contributed by atoms with Gasteiger partial charge in [-0.3, -0.25) is 14.5 Å². The molecule has 0 unspecified atom stereocenters. The molecule has 4 nitrogen and oxygen atoms in total. The monoisotopic (exact) mass is 198 g/mol. The summed E-state index contributed by atoms with van der Waals surface area (Å²) >= 11 is 0. The SMILES string of the molecule is CCOC(=O)C1CCN(C[C]=O)CC1. The van der Waals surface area contributed by atoms with E-state index >= 15 is 0 Å². The van der Waals surface area contributed by atoms with Gasteiger partial charge in [0.05, 0.1) is 19.1 Å². The Morgan fingerprint density at radius 1 is 1.50 bits per heavy atom. The van der Waals surface area contributed by atoms with Crippen LogP contribution in [0, 0.1) is 5.92 Å². The summed E-state index contributed by atoms with van der Waals surface area (Å²) in [6.45, 7) is 4.20. The maximum Gasteiger partial charge on any atom is 0.309 e. The molecule has 0 spiro atoms. The van der Waals surface area contributed by atoms with E-state index in [4.69, 9.17) is 4.74 Å². The van der Waals surface area contributed by atoms with Gasteiger partial charge in [-0.2, -0.15) is 0 Å². The van der Waals surface area contributed by atoms with E-state index < -0.39 is 0 Å². The molecular formula is C10H16NO3. The van der Waals surface area contributed by atoms with E-state index in [2.05, 4.69) is 0 Å². The van der Waals surface area contributed by atoms with Crippen LogP contribution in [0.3, 0.4) is 0 Å². The Balaban J connectivity index is 2.27. The van der Waals surface area contributed by atoms with Crippen LogP contribution in [0.25, 0.3) is 0 Å². The van der Waals surface area contributed by atoms with Crippen molar-refractivity contribution in [3.8, 4) is 0 Å². The fourth-order valence-electron chi connectivity index (χ4n) is 1.68. The number of hydrogen-bond donors (Lipinski definition) is 0. The van der Waals surface area contributed by atoms with Crippen molar-refractivity contribution in [2.24, 2.45) is 5.92 Å². The first-order valence-electron chi connectivity index (χ1n) is 5.02. The third kappa shape index (κ3) is 3.10. The molecule has 79 valence electrons. The van der Waals surface area contributed by atoms with Gasteiger partial charge in [0.25, 0.3) is 0 Å². The Labute approximate surface area is 84.2 Å². The van der Waals surface area contributed by atoms with Gasteiger partial charge in [-0.05, 0) is 32.9 Å². The van der Waals surface area contributed by atoms with Gasteiger partial charge in [0.1, 0.15) is 0 Å². The Hall–Kier alpha value is -0.900. The van der Waals surface area contributed by atoms with Gasteiger partial charge >= 0.3 is 5.97 Å². The molecule has 1 rings (SSSR count). The van der Waals surface area contributed by atoms with Crippen molar-refractivity contribution in [2.45, 2.75) is 19.8 Å². The minimum absolute atomic E-state index is 0.0258. The normalized spacial score (nSPS) is 19.2. The van der Waals surface area contributed by atoms with Crippen molar-refractivity contribution >= 4 is 12.3 Å². The summed E-state index contributed by atoms with van der Waals surface area (Å²) in [5.41, 5.74) is 0. The van der Waals surface area contributed by atoms with Crippen molar-refractivity contribution in [3.63, 3.8) is 0 Å². The maximum absolute atomic E-state index is 11.3. The zero-order chi connectivity index (χ0) is 10.4. The fourth-order valence-corrected chi connectivity index (χ4v) is 1.68. The largest absolute Gasteiger partial charge is 0.466 e. The van der Waals surface area contributed by atoms with E-state index in [0.717, 1.165) is 25.9 Å². The van der Waals surface area contributed by atoms with Crippen LogP contribution < -0.4 is 0 Å². The molecule has 0 aromatic carbocycles. The average molecular weight is 198 g/mol. The third-order valence-corrected chi connectivity index (χ3v) is 2.50. The van der Waals surface area contributed by atoms with Crippen LogP contribution in [0.1, 0.15) is 19.8 Å². The second-order valence-corrected chi connectivity index (χ2v) is 3.45. The Morgan fingerprint density at radius 2 is 2.14 bits per heavy atom. The first-order chi connectivity index (χ1) is 6.77. The highest BCUT2D eigenvalue weighted by Crippen LogP contribution is 2.17. The number of esters is 1. The average Bonchev–Trinajstić information content (AvgIpc) is 2.20. The lowest BCUT2D eigenvalue weighted by atomic mass is 9.97. The zero-order valence-electron chi connectivity index (χ0n) is 8.49. The number of piperidine rings is 1. The van der Waals surface area contributed by atoms with Gasteiger partial charge in [-0.15, -0.1) is 0 Å². The highest BCUT2D eigenvalue weighted by atomic mass is 16.5. The predicted molar refractivity (Wildman–Crippen MR) is 51.5 cm³/mol. The van der Waals surface area contributed by atoms with Crippen LogP contribution in [-0.2, 0) is 14.3 Å². The molecule has 1 aliphatic heterocycles. The molecule has 14 heavy (non-hydrogen) atoms. The minimum Gasteiger partial charge on any atom is -0.466 e. The third-order valence-electron chi connectivity index (χ3n) is 2.50. The van der Waals surface area contributed by atoms with E-state index in [1.54, 1.807) is 0 Å². The summed E-state index contributed by atoms with van der Waals surface area (Å²) in [6.07, 6.45) is 3.45. The number of ether oxygens (including phenoxy) is 1. The van der Waals surface area contributed by atoms with E-state index in [0.29, 0.717) is 13.2 Å². The minimum atomic E-state index is -0.0952. The molecule has 1 fully saturated rings. The van der Waals surface area contributed by atoms with Gasteiger partial charge < -0.3 is 4.74 Å². The van der Waals surface area contributed by atoms with Crippen LogP contribution in [-0.4, -0.2) is 43.4 Å². The molecule has 0 saturated carbocycles. The number of rotatable bonds is 4.